The molecular weight excluding hydrogens is 470 g/mol. The Morgan fingerprint density at radius 1 is 1.05 bits per heavy atom. The van der Waals surface area contributed by atoms with Crippen molar-refractivity contribution in [3.63, 3.8) is 0 Å². The first-order valence-electron chi connectivity index (χ1n) is 12.6. The Morgan fingerprint density at radius 3 is 2.19 bits per heavy atom. The summed E-state index contributed by atoms with van der Waals surface area (Å²) in [6, 6.07) is 11.0. The van der Waals surface area contributed by atoms with Gasteiger partial charge >= 0.3 is 6.09 Å². The number of rotatable bonds is 8. The van der Waals surface area contributed by atoms with E-state index in [2.05, 4.69) is 17.6 Å². The largest absolute Gasteiger partial charge is 0.497 e. The van der Waals surface area contributed by atoms with Crippen molar-refractivity contribution < 1.29 is 23.9 Å². The average Bonchev–Trinajstić information content (AvgIpc) is 3.52. The van der Waals surface area contributed by atoms with Gasteiger partial charge in [-0.15, -0.1) is 0 Å². The summed E-state index contributed by atoms with van der Waals surface area (Å²) >= 11 is 0. The summed E-state index contributed by atoms with van der Waals surface area (Å²) in [5, 5.41) is 5.62. The lowest BCUT2D eigenvalue weighted by molar-refractivity contribution is -0.141. The molecule has 1 aliphatic carbocycles. The second-order valence-corrected chi connectivity index (χ2v) is 10.9. The number of carbonyl (C=O) groups is 3. The van der Waals surface area contributed by atoms with Crippen LogP contribution < -0.4 is 15.4 Å². The molecule has 8 nitrogen and oxygen atoms in total. The summed E-state index contributed by atoms with van der Waals surface area (Å²) in [6.45, 7) is 12.9. The highest BCUT2D eigenvalue weighted by atomic mass is 16.6. The van der Waals surface area contributed by atoms with E-state index in [1.165, 1.54) is 0 Å². The summed E-state index contributed by atoms with van der Waals surface area (Å²) in [5.74, 6) is 0.249. The number of nitrogens with zero attached hydrogens (tertiary/aromatic N) is 1. The molecule has 4 unspecified atom stereocenters. The molecule has 2 N–H and O–H groups in total. The van der Waals surface area contributed by atoms with Gasteiger partial charge in [0.15, 0.2) is 0 Å². The summed E-state index contributed by atoms with van der Waals surface area (Å²) in [6.07, 6.45) is 0.102. The van der Waals surface area contributed by atoms with Crippen molar-refractivity contribution in [2.24, 2.45) is 5.92 Å². The van der Waals surface area contributed by atoms with E-state index < -0.39 is 23.8 Å². The van der Waals surface area contributed by atoms with Crippen molar-refractivity contribution >= 4 is 23.6 Å². The van der Waals surface area contributed by atoms with E-state index in [0.29, 0.717) is 11.4 Å². The van der Waals surface area contributed by atoms with Crippen LogP contribution in [0.4, 0.5) is 10.5 Å². The molecule has 1 saturated carbocycles. The number of alkyl carbamates (subject to hydrolysis) is 1. The molecular formula is C29H39N3O5. The van der Waals surface area contributed by atoms with E-state index >= 15 is 0 Å². The highest BCUT2D eigenvalue weighted by Crippen LogP contribution is 2.41. The van der Waals surface area contributed by atoms with Crippen LogP contribution >= 0.6 is 0 Å². The Labute approximate surface area is 219 Å². The van der Waals surface area contributed by atoms with Gasteiger partial charge in [-0.3, -0.25) is 9.59 Å². The molecule has 0 bridgehead atoms. The van der Waals surface area contributed by atoms with E-state index in [9.17, 15) is 14.4 Å². The predicted octanol–water partition coefficient (Wildman–Crippen LogP) is 5.14. The molecule has 3 rings (SSSR count). The molecule has 37 heavy (non-hydrogen) atoms. The number of carbonyl (C=O) groups excluding carboxylic acids is 3. The van der Waals surface area contributed by atoms with Gasteiger partial charge in [-0.25, -0.2) is 4.79 Å². The average molecular weight is 510 g/mol. The minimum Gasteiger partial charge on any atom is -0.497 e. The standard InChI is InChI=1S/C29H39N3O5/c1-17-9-14-23(18(2)15-17)25(26(33)31-21-10-12-22(36-8)13-11-21)32(24-16-19(24)3)27(34)20(4)30-28(35)37-29(5,6)7/h9-15,19-20,24-25H,16H2,1-8H3,(H,30,35)(H,31,33). The van der Waals surface area contributed by atoms with E-state index in [4.69, 9.17) is 9.47 Å². The molecule has 4 atom stereocenters. The number of aryl methyl sites for hydroxylation is 2. The zero-order chi connectivity index (χ0) is 27.5. The number of nitrogens with one attached hydrogen (secondary N) is 2. The molecule has 0 saturated heterocycles. The highest BCUT2D eigenvalue weighted by Gasteiger charge is 2.48. The Balaban J connectivity index is 1.97. The fraction of sp³-hybridized carbons (Fsp3) is 0.483. The van der Waals surface area contributed by atoms with Gasteiger partial charge in [-0.2, -0.15) is 0 Å². The first-order chi connectivity index (χ1) is 17.3. The Morgan fingerprint density at radius 2 is 1.68 bits per heavy atom. The lowest BCUT2D eigenvalue weighted by Crippen LogP contribution is -2.52. The quantitative estimate of drug-likeness (QED) is 0.514. The minimum absolute atomic E-state index is 0.122. The van der Waals surface area contributed by atoms with Gasteiger partial charge in [0.05, 0.1) is 7.11 Å². The molecule has 2 aromatic carbocycles. The zero-order valence-electron chi connectivity index (χ0n) is 23.0. The third-order valence-electron chi connectivity index (χ3n) is 6.39. The Hall–Kier alpha value is -3.55. The zero-order valence-corrected chi connectivity index (χ0v) is 23.0. The first kappa shape index (κ1) is 28.0. The van der Waals surface area contributed by atoms with Crippen molar-refractivity contribution in [1.29, 1.82) is 0 Å². The molecule has 0 aliphatic heterocycles. The molecule has 8 heteroatoms. The fourth-order valence-corrected chi connectivity index (χ4v) is 4.38. The van der Waals surface area contributed by atoms with Crippen LogP contribution in [0.2, 0.25) is 0 Å². The molecule has 0 spiro atoms. The lowest BCUT2D eigenvalue weighted by atomic mass is 9.96. The van der Waals surface area contributed by atoms with Crippen molar-refractivity contribution in [1.82, 2.24) is 10.2 Å². The molecule has 0 heterocycles. The summed E-state index contributed by atoms with van der Waals surface area (Å²) < 4.78 is 10.6. The lowest BCUT2D eigenvalue weighted by Gasteiger charge is -2.35. The Kier molecular flexibility index (Phi) is 8.51. The van der Waals surface area contributed by atoms with E-state index in [1.54, 1.807) is 64.0 Å². The second kappa shape index (κ2) is 11.2. The molecule has 0 radical (unpaired) electrons. The number of amides is 3. The van der Waals surface area contributed by atoms with Crippen molar-refractivity contribution in [3.8, 4) is 5.75 Å². The molecule has 1 fully saturated rings. The van der Waals surface area contributed by atoms with Crippen LogP contribution in [0, 0.1) is 19.8 Å². The second-order valence-electron chi connectivity index (χ2n) is 10.9. The van der Waals surface area contributed by atoms with Gasteiger partial charge in [-0.05, 0) is 89.3 Å². The predicted molar refractivity (Wildman–Crippen MR) is 144 cm³/mol. The number of methoxy groups -OCH3 is 1. The van der Waals surface area contributed by atoms with Crippen molar-refractivity contribution in [2.75, 3.05) is 12.4 Å². The number of hydrogen-bond acceptors (Lipinski definition) is 5. The van der Waals surface area contributed by atoms with Gasteiger partial charge in [-0.1, -0.05) is 30.7 Å². The van der Waals surface area contributed by atoms with Gasteiger partial charge in [0.2, 0.25) is 5.91 Å². The molecule has 2 aromatic rings. The van der Waals surface area contributed by atoms with Gasteiger partial charge in [0, 0.05) is 11.7 Å². The third kappa shape index (κ3) is 7.24. The summed E-state index contributed by atoms with van der Waals surface area (Å²) in [5.41, 5.74) is 2.62. The summed E-state index contributed by atoms with van der Waals surface area (Å²) in [7, 11) is 1.58. The molecule has 200 valence electrons. The molecule has 0 aromatic heterocycles. The number of hydrogen-bond donors (Lipinski definition) is 2. The highest BCUT2D eigenvalue weighted by molar-refractivity contribution is 5.99. The third-order valence-corrected chi connectivity index (χ3v) is 6.39. The van der Waals surface area contributed by atoms with Gasteiger partial charge in [0.1, 0.15) is 23.4 Å². The maximum atomic E-state index is 13.9. The first-order valence-corrected chi connectivity index (χ1v) is 12.6. The fourth-order valence-electron chi connectivity index (χ4n) is 4.38. The van der Waals surface area contributed by atoms with E-state index in [-0.39, 0.29) is 23.8 Å². The van der Waals surface area contributed by atoms with Crippen LogP contribution in [0.15, 0.2) is 42.5 Å². The van der Waals surface area contributed by atoms with Gasteiger partial charge < -0.3 is 25.0 Å². The monoisotopic (exact) mass is 509 g/mol. The number of benzene rings is 2. The molecule has 3 amide bonds. The van der Waals surface area contributed by atoms with Crippen LogP contribution in [-0.4, -0.2) is 47.6 Å². The number of anilines is 1. The summed E-state index contributed by atoms with van der Waals surface area (Å²) in [4.78, 5) is 41.8. The smallest absolute Gasteiger partial charge is 0.408 e. The van der Waals surface area contributed by atoms with Gasteiger partial charge in [0.25, 0.3) is 5.91 Å². The number of ether oxygens (including phenoxy) is 2. The SMILES string of the molecule is COc1ccc(NC(=O)C(c2ccc(C)cc2C)N(C(=O)C(C)NC(=O)OC(C)(C)C)C2CC2C)cc1. The van der Waals surface area contributed by atoms with Crippen molar-refractivity contribution in [3.05, 3.63) is 59.2 Å². The van der Waals surface area contributed by atoms with Crippen LogP contribution in [0.3, 0.4) is 0 Å². The topological polar surface area (TPSA) is 97.0 Å². The van der Waals surface area contributed by atoms with Crippen LogP contribution in [0.1, 0.15) is 63.8 Å². The van der Waals surface area contributed by atoms with Crippen LogP contribution in [0.5, 0.6) is 5.75 Å². The van der Waals surface area contributed by atoms with Crippen molar-refractivity contribution in [2.45, 2.75) is 78.6 Å². The Bertz CT molecular complexity index is 1140. The molecule has 1 aliphatic rings. The normalized spacial score (nSPS) is 18.3. The minimum atomic E-state index is -0.885. The maximum absolute atomic E-state index is 13.9. The van der Waals surface area contributed by atoms with E-state index in [1.807, 2.05) is 32.0 Å². The van der Waals surface area contributed by atoms with Crippen LogP contribution in [-0.2, 0) is 14.3 Å². The van der Waals surface area contributed by atoms with Crippen LogP contribution in [0.25, 0.3) is 0 Å². The van der Waals surface area contributed by atoms with E-state index in [0.717, 1.165) is 23.1 Å². The maximum Gasteiger partial charge on any atom is 0.408 e.